The number of nitrogens with zero attached hydrogens (tertiary/aromatic N) is 1. The minimum absolute atomic E-state index is 0. The van der Waals surface area contributed by atoms with Crippen molar-refractivity contribution < 1.29 is 27.4 Å². The lowest BCUT2D eigenvalue weighted by atomic mass is 10.2. The molecule has 0 bridgehead atoms. The van der Waals surface area contributed by atoms with Gasteiger partial charge in [0.25, 0.3) is 0 Å². The monoisotopic (exact) mass is 503 g/mol. The predicted molar refractivity (Wildman–Crippen MR) is 107 cm³/mol. The minimum Gasteiger partial charge on any atom is -0.493 e. The van der Waals surface area contributed by atoms with E-state index in [1.165, 1.54) is 13.2 Å². The first-order chi connectivity index (χ1) is 12.4. The number of hydrogen-bond acceptors (Lipinski definition) is 4. The first kappa shape index (κ1) is 23.6. The third-order valence-corrected chi connectivity index (χ3v) is 3.82. The van der Waals surface area contributed by atoms with Crippen LogP contribution in [0.5, 0.6) is 11.5 Å². The van der Waals surface area contributed by atoms with Crippen molar-refractivity contribution in [1.82, 2.24) is 10.6 Å². The summed E-state index contributed by atoms with van der Waals surface area (Å²) in [5.74, 6) is 0.919. The number of methoxy groups -OCH3 is 1. The second-order valence-corrected chi connectivity index (χ2v) is 5.83. The molecule has 1 atom stereocenters. The third-order valence-electron chi connectivity index (χ3n) is 3.82. The molecular weight excluding hydrogens is 478 g/mol. The van der Waals surface area contributed by atoms with Gasteiger partial charge in [0.05, 0.1) is 13.2 Å². The molecule has 154 valence electrons. The van der Waals surface area contributed by atoms with Crippen LogP contribution in [0.1, 0.15) is 18.4 Å². The van der Waals surface area contributed by atoms with Crippen LogP contribution < -0.4 is 20.1 Å². The molecule has 1 aliphatic rings. The lowest BCUT2D eigenvalue weighted by molar-refractivity contribution is -0.153. The van der Waals surface area contributed by atoms with Gasteiger partial charge in [0.1, 0.15) is 0 Å². The Morgan fingerprint density at radius 1 is 1.30 bits per heavy atom. The summed E-state index contributed by atoms with van der Waals surface area (Å²) < 4.78 is 52.3. The van der Waals surface area contributed by atoms with Crippen LogP contribution in [-0.2, 0) is 11.3 Å². The van der Waals surface area contributed by atoms with Gasteiger partial charge in [0, 0.05) is 26.7 Å². The maximum atomic E-state index is 12.3. The van der Waals surface area contributed by atoms with E-state index in [4.69, 9.17) is 14.2 Å². The first-order valence-electron chi connectivity index (χ1n) is 8.34. The summed E-state index contributed by atoms with van der Waals surface area (Å²) in [6.07, 6.45) is -2.10. The Morgan fingerprint density at radius 2 is 2.07 bits per heavy atom. The van der Waals surface area contributed by atoms with Crippen molar-refractivity contribution in [1.29, 1.82) is 0 Å². The molecule has 1 heterocycles. The van der Waals surface area contributed by atoms with Crippen molar-refractivity contribution >= 4 is 29.9 Å². The number of ether oxygens (including phenoxy) is 3. The van der Waals surface area contributed by atoms with Crippen LogP contribution in [0.4, 0.5) is 13.2 Å². The van der Waals surface area contributed by atoms with Gasteiger partial charge in [-0.3, -0.25) is 4.99 Å². The summed E-state index contributed by atoms with van der Waals surface area (Å²) in [5.41, 5.74) is 0.821. The first-order valence-corrected chi connectivity index (χ1v) is 8.34. The molecule has 1 unspecified atom stereocenters. The summed E-state index contributed by atoms with van der Waals surface area (Å²) in [7, 11) is 3.05. The van der Waals surface area contributed by atoms with Crippen molar-refractivity contribution in [3.8, 4) is 11.5 Å². The Kier molecular flexibility index (Phi) is 9.99. The van der Waals surface area contributed by atoms with Crippen LogP contribution in [0, 0.1) is 0 Å². The van der Waals surface area contributed by atoms with Gasteiger partial charge in [-0.1, -0.05) is 6.07 Å². The smallest absolute Gasteiger partial charge is 0.422 e. The lowest BCUT2D eigenvalue weighted by Crippen LogP contribution is -2.40. The molecule has 0 aliphatic carbocycles. The summed E-state index contributed by atoms with van der Waals surface area (Å²) in [6.45, 7) is 0.538. The molecule has 10 heteroatoms. The highest BCUT2D eigenvalue weighted by atomic mass is 127. The van der Waals surface area contributed by atoms with Crippen LogP contribution in [0.3, 0.4) is 0 Å². The fraction of sp³-hybridized carbons (Fsp3) is 0.588. The summed E-state index contributed by atoms with van der Waals surface area (Å²) in [6, 6.07) is 4.77. The van der Waals surface area contributed by atoms with E-state index in [0.717, 1.165) is 25.0 Å². The maximum Gasteiger partial charge on any atom is 0.422 e. The number of halogens is 4. The van der Waals surface area contributed by atoms with E-state index in [1.54, 1.807) is 19.2 Å². The molecule has 6 nitrogen and oxygen atoms in total. The highest BCUT2D eigenvalue weighted by Gasteiger charge is 2.29. The molecule has 27 heavy (non-hydrogen) atoms. The number of guanidine groups is 1. The molecule has 0 radical (unpaired) electrons. The highest BCUT2D eigenvalue weighted by molar-refractivity contribution is 14.0. The van der Waals surface area contributed by atoms with E-state index >= 15 is 0 Å². The fourth-order valence-corrected chi connectivity index (χ4v) is 2.52. The highest BCUT2D eigenvalue weighted by Crippen LogP contribution is 2.29. The molecule has 1 saturated heterocycles. The Morgan fingerprint density at radius 3 is 2.67 bits per heavy atom. The van der Waals surface area contributed by atoms with Crippen molar-refractivity contribution in [3.05, 3.63) is 23.8 Å². The molecule has 1 aromatic carbocycles. The number of hydrogen-bond donors (Lipinski definition) is 2. The lowest BCUT2D eigenvalue weighted by Gasteiger charge is -2.16. The van der Waals surface area contributed by atoms with Crippen molar-refractivity contribution in [2.45, 2.75) is 31.7 Å². The minimum atomic E-state index is -4.40. The van der Waals surface area contributed by atoms with Crippen LogP contribution in [0.15, 0.2) is 23.2 Å². The molecule has 0 saturated carbocycles. The average Bonchev–Trinajstić information content (AvgIpc) is 3.13. The normalized spacial score (nSPS) is 17.2. The third kappa shape index (κ3) is 8.41. The van der Waals surface area contributed by atoms with Gasteiger partial charge < -0.3 is 24.8 Å². The second-order valence-electron chi connectivity index (χ2n) is 5.83. The van der Waals surface area contributed by atoms with E-state index < -0.39 is 12.8 Å². The van der Waals surface area contributed by atoms with E-state index in [0.29, 0.717) is 19.0 Å². The number of rotatable bonds is 7. The van der Waals surface area contributed by atoms with Gasteiger partial charge in [-0.15, -0.1) is 24.0 Å². The standard InChI is InChI=1S/C17H24F3N3O3.HI/c1-21-16(23-10-13-4-3-7-25-13)22-9-12-5-6-14(15(8-12)24-2)26-11-17(18,19)20;/h5-6,8,13H,3-4,7,9-11H2,1-2H3,(H2,21,22,23);1H. The van der Waals surface area contributed by atoms with Gasteiger partial charge in [0.2, 0.25) is 0 Å². The molecule has 0 aromatic heterocycles. The van der Waals surface area contributed by atoms with E-state index in [-0.39, 0.29) is 41.6 Å². The van der Waals surface area contributed by atoms with Crippen molar-refractivity contribution in [3.63, 3.8) is 0 Å². The summed E-state index contributed by atoms with van der Waals surface area (Å²) >= 11 is 0. The largest absolute Gasteiger partial charge is 0.493 e. The van der Waals surface area contributed by atoms with Crippen molar-refractivity contribution in [2.75, 3.05) is 33.9 Å². The topological polar surface area (TPSA) is 64.1 Å². The molecule has 1 aliphatic heterocycles. The zero-order valence-corrected chi connectivity index (χ0v) is 17.6. The SMILES string of the molecule is CN=C(NCc1ccc(OCC(F)(F)F)c(OC)c1)NCC1CCCO1.I. The van der Waals surface area contributed by atoms with Gasteiger partial charge in [-0.05, 0) is 30.5 Å². The van der Waals surface area contributed by atoms with Crippen LogP contribution in [0.25, 0.3) is 0 Å². The maximum absolute atomic E-state index is 12.3. The summed E-state index contributed by atoms with van der Waals surface area (Å²) in [5, 5.41) is 6.34. The molecule has 1 fully saturated rings. The molecule has 0 amide bonds. The zero-order chi connectivity index (χ0) is 19.0. The summed E-state index contributed by atoms with van der Waals surface area (Å²) in [4.78, 5) is 4.14. The molecule has 2 N–H and O–H groups in total. The van der Waals surface area contributed by atoms with E-state index in [1.807, 2.05) is 0 Å². The van der Waals surface area contributed by atoms with Gasteiger partial charge in [-0.25, -0.2) is 0 Å². The Hall–Kier alpha value is -1.43. The number of nitrogens with one attached hydrogen (secondary N) is 2. The Bertz CT molecular complexity index is 609. The predicted octanol–water partition coefficient (Wildman–Crippen LogP) is 3.10. The van der Waals surface area contributed by atoms with Gasteiger partial charge in [-0.2, -0.15) is 13.2 Å². The van der Waals surface area contributed by atoms with Crippen LogP contribution >= 0.6 is 24.0 Å². The van der Waals surface area contributed by atoms with Gasteiger partial charge in [0.15, 0.2) is 24.1 Å². The van der Waals surface area contributed by atoms with Crippen LogP contribution in [-0.4, -0.2) is 52.2 Å². The second kappa shape index (κ2) is 11.4. The van der Waals surface area contributed by atoms with Crippen LogP contribution in [0.2, 0.25) is 0 Å². The molecule has 0 spiro atoms. The van der Waals surface area contributed by atoms with E-state index in [9.17, 15) is 13.2 Å². The zero-order valence-electron chi connectivity index (χ0n) is 15.3. The molecule has 2 rings (SSSR count). The fourth-order valence-electron chi connectivity index (χ4n) is 2.52. The Labute approximate surface area is 173 Å². The Balaban J connectivity index is 0.00000364. The van der Waals surface area contributed by atoms with E-state index in [2.05, 4.69) is 15.6 Å². The van der Waals surface area contributed by atoms with Gasteiger partial charge >= 0.3 is 6.18 Å². The number of alkyl halides is 3. The number of aliphatic imine (C=N–C) groups is 1. The number of benzene rings is 1. The molecular formula is C17H25F3IN3O3. The average molecular weight is 503 g/mol. The molecule has 1 aromatic rings. The van der Waals surface area contributed by atoms with Crippen molar-refractivity contribution in [2.24, 2.45) is 4.99 Å². The quantitative estimate of drug-likeness (QED) is 0.340.